The molecule has 0 spiro atoms. The van der Waals surface area contributed by atoms with Gasteiger partial charge >= 0.3 is 6.03 Å². The zero-order valence-electron chi connectivity index (χ0n) is 11.5. The van der Waals surface area contributed by atoms with Gasteiger partial charge in [-0.05, 0) is 31.6 Å². The van der Waals surface area contributed by atoms with Crippen LogP contribution in [0.2, 0.25) is 0 Å². The Hall–Kier alpha value is -0.770. The van der Waals surface area contributed by atoms with Crippen LogP contribution in [0.5, 0.6) is 0 Å². The summed E-state index contributed by atoms with van der Waals surface area (Å²) >= 11 is 0. The Balaban J connectivity index is 1.69. The zero-order chi connectivity index (χ0) is 12.8. The van der Waals surface area contributed by atoms with Crippen molar-refractivity contribution < 1.29 is 9.53 Å². The molecule has 0 unspecified atom stereocenters. The summed E-state index contributed by atoms with van der Waals surface area (Å²) < 4.78 is 5.33. The second kappa shape index (κ2) is 6.98. The molecule has 1 aliphatic heterocycles. The predicted molar refractivity (Wildman–Crippen MR) is 71.6 cm³/mol. The monoisotopic (exact) mass is 254 g/mol. The lowest BCUT2D eigenvalue weighted by Crippen LogP contribution is -2.46. The van der Waals surface area contributed by atoms with Crippen LogP contribution in [0.15, 0.2) is 0 Å². The van der Waals surface area contributed by atoms with E-state index in [0.717, 1.165) is 32.6 Å². The van der Waals surface area contributed by atoms with Crippen LogP contribution >= 0.6 is 0 Å². The molecule has 1 aliphatic carbocycles. The van der Waals surface area contributed by atoms with Gasteiger partial charge in [-0.3, -0.25) is 0 Å². The minimum atomic E-state index is 0.105. The van der Waals surface area contributed by atoms with E-state index in [1.165, 1.54) is 32.1 Å². The number of nitrogens with zero attached hydrogens (tertiary/aromatic N) is 1. The maximum atomic E-state index is 12.1. The molecule has 1 N–H and O–H groups in total. The smallest absolute Gasteiger partial charge is 0.317 e. The number of carbonyl (C=O) groups is 1. The molecule has 0 aromatic rings. The molecular weight excluding hydrogens is 228 g/mol. The van der Waals surface area contributed by atoms with E-state index in [1.807, 2.05) is 11.9 Å². The Bertz CT molecular complexity index is 259. The third kappa shape index (κ3) is 3.87. The summed E-state index contributed by atoms with van der Waals surface area (Å²) in [6.07, 6.45) is 8.35. The van der Waals surface area contributed by atoms with Crippen LogP contribution in [0.4, 0.5) is 4.79 Å². The lowest BCUT2D eigenvalue weighted by Gasteiger charge is -2.32. The highest BCUT2D eigenvalue weighted by Crippen LogP contribution is 2.21. The third-order valence-electron chi connectivity index (χ3n) is 4.33. The van der Waals surface area contributed by atoms with E-state index in [9.17, 15) is 4.79 Å². The minimum Gasteiger partial charge on any atom is -0.381 e. The molecule has 18 heavy (non-hydrogen) atoms. The van der Waals surface area contributed by atoms with Gasteiger partial charge in [0.1, 0.15) is 0 Å². The van der Waals surface area contributed by atoms with E-state index in [-0.39, 0.29) is 6.03 Å². The van der Waals surface area contributed by atoms with Crippen molar-refractivity contribution in [3.8, 4) is 0 Å². The van der Waals surface area contributed by atoms with Crippen LogP contribution < -0.4 is 5.32 Å². The summed E-state index contributed by atoms with van der Waals surface area (Å²) in [5.41, 5.74) is 0. The predicted octanol–water partition coefficient (Wildman–Crippen LogP) is 2.39. The Kier molecular flexibility index (Phi) is 5.29. The van der Waals surface area contributed by atoms with Crippen LogP contribution in [0.3, 0.4) is 0 Å². The van der Waals surface area contributed by atoms with Crippen LogP contribution in [0, 0.1) is 5.92 Å². The first-order chi connectivity index (χ1) is 8.77. The largest absolute Gasteiger partial charge is 0.381 e. The highest BCUT2D eigenvalue weighted by Gasteiger charge is 2.22. The highest BCUT2D eigenvalue weighted by atomic mass is 16.5. The lowest BCUT2D eigenvalue weighted by molar-refractivity contribution is 0.0662. The molecule has 4 heteroatoms. The van der Waals surface area contributed by atoms with Crippen molar-refractivity contribution >= 4 is 6.03 Å². The Morgan fingerprint density at radius 3 is 2.50 bits per heavy atom. The van der Waals surface area contributed by atoms with Gasteiger partial charge in [0.25, 0.3) is 0 Å². The molecule has 2 aliphatic rings. The molecular formula is C14H26N2O2. The third-order valence-corrected chi connectivity index (χ3v) is 4.33. The van der Waals surface area contributed by atoms with Crippen LogP contribution in [0.25, 0.3) is 0 Å². The quantitative estimate of drug-likeness (QED) is 0.840. The van der Waals surface area contributed by atoms with Crippen LogP contribution in [-0.2, 0) is 4.74 Å². The summed E-state index contributed by atoms with van der Waals surface area (Å²) in [5.74, 6) is 0.599. The molecule has 2 amide bonds. The van der Waals surface area contributed by atoms with Crippen molar-refractivity contribution in [2.45, 2.75) is 51.0 Å². The topological polar surface area (TPSA) is 41.6 Å². The Morgan fingerprint density at radius 1 is 1.17 bits per heavy atom. The number of nitrogens with one attached hydrogen (secondary N) is 1. The van der Waals surface area contributed by atoms with Crippen molar-refractivity contribution in [1.82, 2.24) is 10.2 Å². The number of carbonyl (C=O) groups excluding carboxylic acids is 1. The van der Waals surface area contributed by atoms with Crippen LogP contribution in [0.1, 0.15) is 44.9 Å². The summed E-state index contributed by atoms with van der Waals surface area (Å²) in [7, 11) is 1.94. The van der Waals surface area contributed by atoms with Gasteiger partial charge in [0.05, 0.1) is 0 Å². The first-order valence-corrected chi connectivity index (χ1v) is 7.36. The van der Waals surface area contributed by atoms with Gasteiger partial charge in [-0.1, -0.05) is 19.3 Å². The van der Waals surface area contributed by atoms with Gasteiger partial charge in [-0.2, -0.15) is 0 Å². The summed E-state index contributed by atoms with van der Waals surface area (Å²) in [6.45, 7) is 2.50. The van der Waals surface area contributed by atoms with E-state index >= 15 is 0 Å². The second-order valence-electron chi connectivity index (χ2n) is 5.64. The molecule has 104 valence electrons. The molecule has 2 rings (SSSR count). The van der Waals surface area contributed by atoms with E-state index in [1.54, 1.807) is 0 Å². The number of urea groups is 1. The summed E-state index contributed by atoms with van der Waals surface area (Å²) in [4.78, 5) is 14.0. The molecule has 1 saturated heterocycles. The van der Waals surface area contributed by atoms with Crippen LogP contribution in [-0.4, -0.2) is 43.8 Å². The van der Waals surface area contributed by atoms with Gasteiger partial charge in [0.2, 0.25) is 0 Å². The first kappa shape index (κ1) is 13.7. The second-order valence-corrected chi connectivity index (χ2v) is 5.64. The fraction of sp³-hybridized carbons (Fsp3) is 0.929. The van der Waals surface area contributed by atoms with E-state index in [4.69, 9.17) is 4.74 Å². The van der Waals surface area contributed by atoms with E-state index in [0.29, 0.717) is 12.0 Å². The molecule has 0 aromatic heterocycles. The van der Waals surface area contributed by atoms with Gasteiger partial charge in [-0.15, -0.1) is 0 Å². The molecule has 0 atom stereocenters. The molecule has 2 fully saturated rings. The van der Waals surface area contributed by atoms with Crippen molar-refractivity contribution in [3.63, 3.8) is 0 Å². The lowest BCUT2D eigenvalue weighted by atomic mass is 9.95. The number of ether oxygens (including phenoxy) is 1. The normalized spacial score (nSPS) is 22.7. The van der Waals surface area contributed by atoms with Crippen molar-refractivity contribution in [3.05, 3.63) is 0 Å². The van der Waals surface area contributed by atoms with E-state index < -0.39 is 0 Å². The zero-order valence-corrected chi connectivity index (χ0v) is 11.5. The summed E-state index contributed by atoms with van der Waals surface area (Å²) in [5, 5.41) is 3.08. The highest BCUT2D eigenvalue weighted by molar-refractivity contribution is 5.74. The fourth-order valence-corrected chi connectivity index (χ4v) is 2.94. The molecule has 4 nitrogen and oxygen atoms in total. The van der Waals surface area contributed by atoms with Gasteiger partial charge in [0, 0.05) is 32.8 Å². The minimum absolute atomic E-state index is 0.105. The Morgan fingerprint density at radius 2 is 1.83 bits per heavy atom. The first-order valence-electron chi connectivity index (χ1n) is 7.36. The number of rotatable bonds is 3. The summed E-state index contributed by atoms with van der Waals surface area (Å²) in [6, 6.07) is 0.557. The van der Waals surface area contributed by atoms with Crippen molar-refractivity contribution in [2.75, 3.05) is 26.8 Å². The van der Waals surface area contributed by atoms with E-state index in [2.05, 4.69) is 5.32 Å². The Labute approximate surface area is 110 Å². The standard InChI is InChI=1S/C14H26N2O2/c1-16(13-5-3-2-4-6-13)14(17)15-11-12-7-9-18-10-8-12/h12-13H,2-11H2,1H3,(H,15,17). The SMILES string of the molecule is CN(C(=O)NCC1CCOCC1)C1CCCCC1. The molecule has 1 heterocycles. The van der Waals surface area contributed by atoms with Gasteiger partial charge in [0.15, 0.2) is 0 Å². The fourth-order valence-electron chi connectivity index (χ4n) is 2.94. The maximum Gasteiger partial charge on any atom is 0.317 e. The average Bonchev–Trinajstić information content (AvgIpc) is 2.46. The molecule has 0 aromatic carbocycles. The molecule has 0 radical (unpaired) electrons. The molecule has 0 bridgehead atoms. The number of hydrogen-bond donors (Lipinski definition) is 1. The van der Waals surface area contributed by atoms with Gasteiger partial charge in [-0.25, -0.2) is 4.79 Å². The van der Waals surface area contributed by atoms with Gasteiger partial charge < -0.3 is 15.0 Å². The van der Waals surface area contributed by atoms with Crippen molar-refractivity contribution in [2.24, 2.45) is 5.92 Å². The average molecular weight is 254 g/mol. The number of amides is 2. The maximum absolute atomic E-state index is 12.1. The number of hydrogen-bond acceptors (Lipinski definition) is 2. The van der Waals surface area contributed by atoms with Crippen molar-refractivity contribution in [1.29, 1.82) is 0 Å². The molecule has 1 saturated carbocycles.